The molecule has 4 heteroatoms. The van der Waals surface area contributed by atoms with E-state index in [-0.39, 0.29) is 11.9 Å². The number of piperazine rings is 1. The van der Waals surface area contributed by atoms with Gasteiger partial charge in [-0.3, -0.25) is 4.79 Å². The molecule has 0 aromatic carbocycles. The minimum Gasteiger partial charge on any atom is -0.334 e. The van der Waals surface area contributed by atoms with E-state index in [1.165, 1.54) is 0 Å². The quantitative estimate of drug-likeness (QED) is 0.791. The lowest BCUT2D eigenvalue weighted by Crippen LogP contribution is -2.51. The van der Waals surface area contributed by atoms with Gasteiger partial charge in [0.2, 0.25) is 5.91 Å². The first-order valence-electron chi connectivity index (χ1n) is 5.50. The second-order valence-electron chi connectivity index (χ2n) is 3.93. The monoisotopic (exact) mass is 236 g/mol. The molecule has 0 spiro atoms. The van der Waals surface area contributed by atoms with Crippen LogP contribution in [0.1, 0.15) is 11.8 Å². The lowest BCUT2D eigenvalue weighted by atomic mass is 10.2. The van der Waals surface area contributed by atoms with Gasteiger partial charge in [0, 0.05) is 36.6 Å². The highest BCUT2D eigenvalue weighted by Crippen LogP contribution is 2.11. The lowest BCUT2D eigenvalue weighted by Gasteiger charge is -2.33. The van der Waals surface area contributed by atoms with E-state index in [1.807, 2.05) is 28.5 Å². The van der Waals surface area contributed by atoms with Crippen LogP contribution in [0.4, 0.5) is 0 Å². The third-order valence-corrected chi connectivity index (χ3v) is 3.56. The highest BCUT2D eigenvalue weighted by molar-refractivity contribution is 7.10. The summed E-state index contributed by atoms with van der Waals surface area (Å²) in [4.78, 5) is 15.0. The fourth-order valence-electron chi connectivity index (χ4n) is 1.80. The maximum absolute atomic E-state index is 11.9. The molecular weight excluding hydrogens is 220 g/mol. The largest absolute Gasteiger partial charge is 0.334 e. The number of carbonyl (C=O) groups is 1. The van der Waals surface area contributed by atoms with Crippen molar-refractivity contribution in [2.24, 2.45) is 0 Å². The summed E-state index contributed by atoms with van der Waals surface area (Å²) in [5.74, 6) is 0.113. The van der Waals surface area contributed by atoms with Gasteiger partial charge in [0.05, 0.1) is 0 Å². The van der Waals surface area contributed by atoms with Gasteiger partial charge in [-0.2, -0.15) is 0 Å². The fourth-order valence-corrected chi connectivity index (χ4v) is 2.42. The van der Waals surface area contributed by atoms with Gasteiger partial charge in [-0.1, -0.05) is 6.07 Å². The van der Waals surface area contributed by atoms with E-state index < -0.39 is 0 Å². The number of nitrogens with zero attached hydrogens (tertiary/aromatic N) is 1. The number of rotatable bonds is 2. The predicted molar refractivity (Wildman–Crippen MR) is 67.4 cm³/mol. The molecule has 0 aliphatic carbocycles. The predicted octanol–water partition coefficient (Wildman–Crippen LogP) is 1.58. The molecular formula is C12H16N2OS. The van der Waals surface area contributed by atoms with Crippen molar-refractivity contribution in [1.82, 2.24) is 10.2 Å². The van der Waals surface area contributed by atoms with Crippen LogP contribution in [0.15, 0.2) is 23.6 Å². The van der Waals surface area contributed by atoms with Gasteiger partial charge >= 0.3 is 0 Å². The molecule has 1 saturated heterocycles. The van der Waals surface area contributed by atoms with E-state index in [9.17, 15) is 4.79 Å². The second-order valence-corrected chi connectivity index (χ2v) is 4.91. The molecule has 1 aliphatic rings. The van der Waals surface area contributed by atoms with Gasteiger partial charge in [0.25, 0.3) is 0 Å². The van der Waals surface area contributed by atoms with Gasteiger partial charge < -0.3 is 10.2 Å². The zero-order valence-corrected chi connectivity index (χ0v) is 10.2. The number of amides is 1. The Morgan fingerprint density at radius 2 is 2.56 bits per heavy atom. The van der Waals surface area contributed by atoms with Gasteiger partial charge in [-0.25, -0.2) is 0 Å². The highest BCUT2D eigenvalue weighted by Gasteiger charge is 2.20. The van der Waals surface area contributed by atoms with E-state index in [2.05, 4.69) is 12.2 Å². The molecule has 2 heterocycles. The molecule has 1 aliphatic heterocycles. The van der Waals surface area contributed by atoms with Crippen molar-refractivity contribution < 1.29 is 4.79 Å². The molecule has 3 nitrogen and oxygen atoms in total. The molecule has 86 valence electrons. The first-order valence-corrected chi connectivity index (χ1v) is 6.38. The Morgan fingerprint density at radius 1 is 1.69 bits per heavy atom. The summed E-state index contributed by atoms with van der Waals surface area (Å²) in [6, 6.07) is 4.28. The molecule has 0 radical (unpaired) electrons. The SMILES string of the molecule is CC1CNCCN1C(=O)C=Cc1cccs1. The molecule has 0 bridgehead atoms. The van der Waals surface area contributed by atoms with E-state index >= 15 is 0 Å². The van der Waals surface area contributed by atoms with E-state index in [1.54, 1.807) is 17.4 Å². The highest BCUT2D eigenvalue weighted by atomic mass is 32.1. The van der Waals surface area contributed by atoms with Gasteiger partial charge in [-0.15, -0.1) is 11.3 Å². The van der Waals surface area contributed by atoms with Crippen molar-refractivity contribution in [1.29, 1.82) is 0 Å². The van der Waals surface area contributed by atoms with Crippen molar-refractivity contribution in [3.63, 3.8) is 0 Å². The summed E-state index contributed by atoms with van der Waals surface area (Å²) in [7, 11) is 0. The fraction of sp³-hybridized carbons (Fsp3) is 0.417. The first-order chi connectivity index (χ1) is 7.77. The number of hydrogen-bond donors (Lipinski definition) is 1. The molecule has 1 fully saturated rings. The summed E-state index contributed by atoms with van der Waals surface area (Å²) in [5, 5.41) is 5.28. The van der Waals surface area contributed by atoms with Gasteiger partial charge in [0.15, 0.2) is 0 Å². The average molecular weight is 236 g/mol. The van der Waals surface area contributed by atoms with Crippen molar-refractivity contribution in [2.75, 3.05) is 19.6 Å². The van der Waals surface area contributed by atoms with Crippen LogP contribution >= 0.6 is 11.3 Å². The van der Waals surface area contributed by atoms with Crippen LogP contribution in [0.3, 0.4) is 0 Å². The van der Waals surface area contributed by atoms with Gasteiger partial charge in [0.1, 0.15) is 0 Å². The van der Waals surface area contributed by atoms with Crippen LogP contribution < -0.4 is 5.32 Å². The third kappa shape index (κ3) is 2.71. The van der Waals surface area contributed by atoms with E-state index in [4.69, 9.17) is 0 Å². The molecule has 1 unspecified atom stereocenters. The molecule has 2 rings (SSSR count). The summed E-state index contributed by atoms with van der Waals surface area (Å²) in [6.07, 6.45) is 3.56. The van der Waals surface area contributed by atoms with Crippen molar-refractivity contribution >= 4 is 23.3 Å². The zero-order valence-electron chi connectivity index (χ0n) is 9.35. The van der Waals surface area contributed by atoms with E-state index in [0.717, 1.165) is 24.5 Å². The maximum atomic E-state index is 11.9. The van der Waals surface area contributed by atoms with Gasteiger partial charge in [-0.05, 0) is 24.4 Å². The van der Waals surface area contributed by atoms with Crippen molar-refractivity contribution in [2.45, 2.75) is 13.0 Å². The Labute approximate surface area is 99.8 Å². The minimum atomic E-state index is 0.113. The number of carbonyl (C=O) groups excluding carboxylic acids is 1. The van der Waals surface area contributed by atoms with Crippen LogP contribution in [0, 0.1) is 0 Å². The molecule has 1 aromatic rings. The minimum absolute atomic E-state index is 0.113. The Hall–Kier alpha value is -1.13. The number of nitrogens with one attached hydrogen (secondary N) is 1. The van der Waals surface area contributed by atoms with Crippen LogP contribution in [0.5, 0.6) is 0 Å². The molecule has 1 N–H and O–H groups in total. The van der Waals surface area contributed by atoms with Crippen LogP contribution in [-0.2, 0) is 4.79 Å². The first kappa shape index (κ1) is 11.4. The van der Waals surface area contributed by atoms with Crippen molar-refractivity contribution in [3.8, 4) is 0 Å². The lowest BCUT2D eigenvalue weighted by molar-refractivity contribution is -0.128. The Balaban J connectivity index is 1.97. The second kappa shape index (κ2) is 5.27. The Morgan fingerprint density at radius 3 is 3.25 bits per heavy atom. The number of thiophene rings is 1. The van der Waals surface area contributed by atoms with E-state index in [0.29, 0.717) is 0 Å². The molecule has 0 saturated carbocycles. The molecule has 1 aromatic heterocycles. The smallest absolute Gasteiger partial charge is 0.246 e. The summed E-state index contributed by atoms with van der Waals surface area (Å²) >= 11 is 1.64. The maximum Gasteiger partial charge on any atom is 0.246 e. The topological polar surface area (TPSA) is 32.3 Å². The summed E-state index contributed by atoms with van der Waals surface area (Å²) in [6.45, 7) is 4.65. The van der Waals surface area contributed by atoms with Crippen LogP contribution in [0.25, 0.3) is 6.08 Å². The Bertz CT molecular complexity index is 372. The van der Waals surface area contributed by atoms with Crippen LogP contribution in [-0.4, -0.2) is 36.5 Å². The van der Waals surface area contributed by atoms with Crippen molar-refractivity contribution in [3.05, 3.63) is 28.5 Å². The Kier molecular flexibility index (Phi) is 3.74. The van der Waals surface area contributed by atoms with Crippen LogP contribution in [0.2, 0.25) is 0 Å². The standard InChI is InChI=1S/C12H16N2OS/c1-10-9-13-6-7-14(10)12(15)5-4-11-3-2-8-16-11/h2-5,8,10,13H,6-7,9H2,1H3. The molecule has 16 heavy (non-hydrogen) atoms. The molecule has 1 atom stereocenters. The number of hydrogen-bond acceptors (Lipinski definition) is 3. The summed E-state index contributed by atoms with van der Waals surface area (Å²) < 4.78 is 0. The average Bonchev–Trinajstić information content (AvgIpc) is 2.79. The molecule has 1 amide bonds. The zero-order chi connectivity index (χ0) is 11.4. The summed E-state index contributed by atoms with van der Waals surface area (Å²) in [5.41, 5.74) is 0. The third-order valence-electron chi connectivity index (χ3n) is 2.72. The normalized spacial score (nSPS) is 21.6.